The van der Waals surface area contributed by atoms with Gasteiger partial charge in [-0.2, -0.15) is 13.2 Å². The Kier molecular flexibility index (Phi) is 4.74. The van der Waals surface area contributed by atoms with Crippen molar-refractivity contribution in [3.63, 3.8) is 0 Å². The van der Waals surface area contributed by atoms with Gasteiger partial charge in [0.05, 0.1) is 11.8 Å². The number of rotatable bonds is 4. The van der Waals surface area contributed by atoms with Crippen LogP contribution in [0.3, 0.4) is 0 Å². The largest absolute Gasteiger partial charge is 0.393 e. The summed E-state index contributed by atoms with van der Waals surface area (Å²) in [6, 6.07) is 1.53. The van der Waals surface area contributed by atoms with Gasteiger partial charge in [-0.05, 0) is 12.0 Å². The van der Waals surface area contributed by atoms with Crippen molar-refractivity contribution in [2.75, 3.05) is 37.6 Å². The van der Waals surface area contributed by atoms with E-state index in [1.807, 2.05) is 4.90 Å². The van der Waals surface area contributed by atoms with E-state index in [0.29, 0.717) is 35.7 Å². The smallest absolute Gasteiger partial charge is 0.353 e. The summed E-state index contributed by atoms with van der Waals surface area (Å²) >= 11 is 1.04. The van der Waals surface area contributed by atoms with Crippen molar-refractivity contribution in [2.24, 2.45) is 5.92 Å². The van der Waals surface area contributed by atoms with E-state index in [9.17, 15) is 22.0 Å². The lowest BCUT2D eigenvalue weighted by molar-refractivity contribution is -0.126. The van der Waals surface area contributed by atoms with E-state index in [1.165, 1.54) is 12.4 Å². The molecule has 2 aromatic rings. The highest BCUT2D eigenvalue weighted by Crippen LogP contribution is 2.42. The van der Waals surface area contributed by atoms with Gasteiger partial charge in [0.25, 0.3) is 0 Å². The van der Waals surface area contributed by atoms with Crippen LogP contribution in [0.15, 0.2) is 12.4 Å². The molecule has 2 aromatic heterocycles. The number of aromatic nitrogens is 2. The maximum absolute atomic E-state index is 13.0. The molecule has 1 aliphatic carbocycles. The Hall–Kier alpha value is -1.55. The zero-order chi connectivity index (χ0) is 19.2. The molecule has 2 fully saturated rings. The van der Waals surface area contributed by atoms with E-state index >= 15 is 0 Å². The molecule has 10 heteroatoms. The number of halogens is 5. The first kappa shape index (κ1) is 18.8. The highest BCUT2D eigenvalue weighted by Gasteiger charge is 2.45. The molecular formula is C17H19F5N4S. The number of hydrogen-bond donors (Lipinski definition) is 0. The van der Waals surface area contributed by atoms with Crippen LogP contribution in [-0.4, -0.2) is 59.7 Å². The van der Waals surface area contributed by atoms with E-state index < -0.39 is 18.5 Å². The summed E-state index contributed by atoms with van der Waals surface area (Å²) in [6.07, 6.45) is -3.90. The first-order chi connectivity index (χ1) is 12.7. The fraction of sp³-hybridized carbons (Fsp3) is 0.647. The van der Waals surface area contributed by atoms with Gasteiger partial charge < -0.3 is 4.90 Å². The Morgan fingerprint density at radius 2 is 1.81 bits per heavy atom. The quantitative estimate of drug-likeness (QED) is 0.720. The van der Waals surface area contributed by atoms with Crippen molar-refractivity contribution >= 4 is 27.4 Å². The van der Waals surface area contributed by atoms with Crippen molar-refractivity contribution in [2.45, 2.75) is 31.4 Å². The van der Waals surface area contributed by atoms with Gasteiger partial charge in [0.1, 0.15) is 17.0 Å². The molecule has 0 radical (unpaired) electrons. The van der Waals surface area contributed by atoms with Gasteiger partial charge in [0.2, 0.25) is 5.92 Å². The average molecular weight is 406 g/mol. The van der Waals surface area contributed by atoms with Crippen LogP contribution in [0.2, 0.25) is 0 Å². The molecule has 27 heavy (non-hydrogen) atoms. The molecular weight excluding hydrogens is 387 g/mol. The van der Waals surface area contributed by atoms with Crippen molar-refractivity contribution in [3.8, 4) is 0 Å². The lowest BCUT2D eigenvalue weighted by Gasteiger charge is -2.41. The summed E-state index contributed by atoms with van der Waals surface area (Å²) in [5.74, 6) is -1.79. The van der Waals surface area contributed by atoms with Crippen LogP contribution >= 0.6 is 11.3 Å². The van der Waals surface area contributed by atoms with Gasteiger partial charge in [-0.25, -0.2) is 18.7 Å². The fourth-order valence-electron chi connectivity index (χ4n) is 3.85. The molecule has 4 nitrogen and oxygen atoms in total. The van der Waals surface area contributed by atoms with Crippen molar-refractivity contribution < 1.29 is 22.0 Å². The minimum Gasteiger partial charge on any atom is -0.353 e. The van der Waals surface area contributed by atoms with Crippen LogP contribution in [0.25, 0.3) is 10.2 Å². The highest BCUT2D eigenvalue weighted by atomic mass is 32.1. The van der Waals surface area contributed by atoms with Gasteiger partial charge in [-0.1, -0.05) is 0 Å². The van der Waals surface area contributed by atoms with Crippen molar-refractivity contribution in [1.29, 1.82) is 0 Å². The molecule has 148 valence electrons. The monoisotopic (exact) mass is 406 g/mol. The Morgan fingerprint density at radius 3 is 2.44 bits per heavy atom. The second kappa shape index (κ2) is 6.80. The maximum Gasteiger partial charge on any atom is 0.393 e. The molecule has 0 aromatic carbocycles. The van der Waals surface area contributed by atoms with E-state index in [0.717, 1.165) is 24.4 Å². The number of alkyl halides is 5. The Labute approximate surface area is 157 Å². The first-order valence-electron chi connectivity index (χ1n) is 8.84. The molecule has 1 saturated heterocycles. The topological polar surface area (TPSA) is 32.3 Å². The van der Waals surface area contributed by atoms with Crippen molar-refractivity contribution in [3.05, 3.63) is 17.3 Å². The summed E-state index contributed by atoms with van der Waals surface area (Å²) < 4.78 is 63.9. The normalized spacial score (nSPS) is 21.6. The maximum atomic E-state index is 13.0. The molecule has 4 rings (SSSR count). The predicted molar refractivity (Wildman–Crippen MR) is 93.5 cm³/mol. The van der Waals surface area contributed by atoms with E-state index in [-0.39, 0.29) is 23.6 Å². The number of thiophene rings is 1. The molecule has 0 bridgehead atoms. The Balaban J connectivity index is 1.41. The van der Waals surface area contributed by atoms with Gasteiger partial charge in [0, 0.05) is 50.4 Å². The number of piperazine rings is 1. The average Bonchev–Trinajstić information content (AvgIpc) is 2.94. The van der Waals surface area contributed by atoms with Gasteiger partial charge in [-0.15, -0.1) is 11.3 Å². The lowest BCUT2D eigenvalue weighted by atomic mass is 9.81. The van der Waals surface area contributed by atoms with Gasteiger partial charge >= 0.3 is 6.18 Å². The van der Waals surface area contributed by atoms with Gasteiger partial charge in [0.15, 0.2) is 0 Å². The minimum atomic E-state index is -4.25. The molecule has 1 aliphatic heterocycles. The van der Waals surface area contributed by atoms with E-state index in [1.54, 1.807) is 0 Å². The predicted octanol–water partition coefficient (Wildman–Crippen LogP) is 3.96. The third kappa shape index (κ3) is 4.31. The third-order valence-electron chi connectivity index (χ3n) is 5.10. The molecule has 2 aliphatic rings. The van der Waals surface area contributed by atoms with Crippen LogP contribution in [0.5, 0.6) is 0 Å². The van der Waals surface area contributed by atoms with Crippen LogP contribution in [0.4, 0.5) is 27.8 Å². The second-order valence-electron chi connectivity index (χ2n) is 7.34. The fourth-order valence-corrected chi connectivity index (χ4v) is 4.87. The molecule has 0 atom stereocenters. The molecule has 0 unspecified atom stereocenters. The van der Waals surface area contributed by atoms with Crippen LogP contribution in [0.1, 0.15) is 17.7 Å². The number of nitrogens with zero attached hydrogens (tertiary/aromatic N) is 4. The summed E-state index contributed by atoms with van der Waals surface area (Å²) in [4.78, 5) is 13.4. The van der Waals surface area contributed by atoms with Crippen molar-refractivity contribution in [1.82, 2.24) is 14.9 Å². The summed E-state index contributed by atoms with van der Waals surface area (Å²) in [6.45, 7) is 3.47. The van der Waals surface area contributed by atoms with Crippen LogP contribution < -0.4 is 4.90 Å². The number of anilines is 1. The zero-order valence-electron chi connectivity index (χ0n) is 14.5. The third-order valence-corrected chi connectivity index (χ3v) is 6.14. The molecule has 0 N–H and O–H groups in total. The lowest BCUT2D eigenvalue weighted by Crippen LogP contribution is -2.50. The van der Waals surface area contributed by atoms with Crippen LogP contribution in [0, 0.1) is 5.92 Å². The molecule has 0 spiro atoms. The molecule has 3 heterocycles. The van der Waals surface area contributed by atoms with Crippen LogP contribution in [-0.2, 0) is 6.42 Å². The summed E-state index contributed by atoms with van der Waals surface area (Å²) in [7, 11) is 0. The Bertz CT molecular complexity index is 805. The molecule has 1 saturated carbocycles. The summed E-state index contributed by atoms with van der Waals surface area (Å²) in [5.41, 5.74) is 0. The van der Waals surface area contributed by atoms with E-state index in [4.69, 9.17) is 0 Å². The van der Waals surface area contributed by atoms with Gasteiger partial charge in [-0.3, -0.25) is 4.90 Å². The highest BCUT2D eigenvalue weighted by molar-refractivity contribution is 7.18. The molecule has 0 amide bonds. The minimum absolute atomic E-state index is 0.0311. The van der Waals surface area contributed by atoms with E-state index in [2.05, 4.69) is 14.9 Å². The Morgan fingerprint density at radius 1 is 1.11 bits per heavy atom. The number of fused-ring (bicyclic) bond motifs is 1. The summed E-state index contributed by atoms with van der Waals surface area (Å²) in [5, 5.41) is 0.647. The first-order valence-corrected chi connectivity index (χ1v) is 9.65. The zero-order valence-corrected chi connectivity index (χ0v) is 15.3. The second-order valence-corrected chi connectivity index (χ2v) is 8.45. The standard InChI is InChI=1S/C17H19F5N4S/c18-16(19)6-11(7-16)9-25-1-3-26(4-2-25)14-13-5-12(8-17(20,21)22)27-15(13)24-10-23-14/h5,10-11H,1-4,6-9H2. The SMILES string of the molecule is FC(F)(F)Cc1cc2c(N3CCN(CC4CC(F)(F)C4)CC3)ncnc2s1. The number of hydrogen-bond acceptors (Lipinski definition) is 5.